The summed E-state index contributed by atoms with van der Waals surface area (Å²) in [6.07, 6.45) is 0.790. The Hall–Kier alpha value is -3.21. The van der Waals surface area contributed by atoms with E-state index in [1.807, 2.05) is 12.1 Å². The van der Waals surface area contributed by atoms with Crippen molar-refractivity contribution in [2.24, 2.45) is 7.05 Å². The lowest BCUT2D eigenvalue weighted by atomic mass is 10.1. The molecule has 25 heavy (non-hydrogen) atoms. The molecule has 0 aliphatic heterocycles. The van der Waals surface area contributed by atoms with Crippen molar-refractivity contribution in [1.29, 1.82) is 5.26 Å². The van der Waals surface area contributed by atoms with Crippen LogP contribution < -0.4 is 20.3 Å². The van der Waals surface area contributed by atoms with Gasteiger partial charge < -0.3 is 9.47 Å². The number of nitrogens with zero attached hydrogens (tertiary/aromatic N) is 3. The van der Waals surface area contributed by atoms with Crippen molar-refractivity contribution in [3.63, 3.8) is 0 Å². The fourth-order valence-electron chi connectivity index (χ4n) is 2.40. The van der Waals surface area contributed by atoms with Gasteiger partial charge in [0.2, 0.25) is 5.91 Å². The lowest BCUT2D eigenvalue weighted by Crippen LogP contribution is -2.30. The van der Waals surface area contributed by atoms with E-state index < -0.39 is 0 Å². The van der Waals surface area contributed by atoms with Gasteiger partial charge in [-0.05, 0) is 31.0 Å². The highest BCUT2D eigenvalue weighted by Crippen LogP contribution is 2.23. The van der Waals surface area contributed by atoms with Gasteiger partial charge in [0.1, 0.15) is 23.1 Å². The molecule has 0 spiro atoms. The summed E-state index contributed by atoms with van der Waals surface area (Å²) in [5.74, 6) is 1.61. The molecule has 1 aromatic heterocycles. The minimum atomic E-state index is -0.204. The van der Waals surface area contributed by atoms with Gasteiger partial charge in [0.25, 0.3) is 0 Å². The Morgan fingerprint density at radius 3 is 2.48 bits per heavy atom. The average molecular weight is 343 g/mol. The quantitative estimate of drug-likeness (QED) is 0.742. The smallest absolute Gasteiger partial charge is 0.238 e. The van der Waals surface area contributed by atoms with E-state index in [1.165, 1.54) is 4.68 Å². The second-order valence-corrected chi connectivity index (χ2v) is 5.44. The highest BCUT2D eigenvalue weighted by molar-refractivity contribution is 5.78. The molecule has 2 aromatic rings. The van der Waals surface area contributed by atoms with E-state index >= 15 is 0 Å². The topological polar surface area (TPSA) is 101 Å². The second kappa shape index (κ2) is 8.06. The van der Waals surface area contributed by atoms with Crippen LogP contribution in [0.15, 0.2) is 18.2 Å². The van der Waals surface area contributed by atoms with Crippen LogP contribution in [-0.2, 0) is 18.3 Å². The highest BCUT2D eigenvalue weighted by atomic mass is 16.5. The van der Waals surface area contributed by atoms with Gasteiger partial charge in [0.15, 0.2) is 5.82 Å². The largest absolute Gasteiger partial charge is 0.497 e. The number of aromatic nitrogens is 2. The Morgan fingerprint density at radius 2 is 1.92 bits per heavy atom. The third-order valence-electron chi connectivity index (χ3n) is 3.71. The zero-order valence-corrected chi connectivity index (χ0v) is 14.7. The highest BCUT2D eigenvalue weighted by Gasteiger charge is 2.13. The van der Waals surface area contributed by atoms with Crippen molar-refractivity contribution >= 4 is 11.7 Å². The molecule has 0 aliphatic carbocycles. The summed E-state index contributed by atoms with van der Waals surface area (Å²) < 4.78 is 11.9. The number of carbonyl (C=O) groups excluding carboxylic acids is 1. The first-order valence-electron chi connectivity index (χ1n) is 7.69. The zero-order valence-electron chi connectivity index (χ0n) is 14.7. The molecule has 0 atom stereocenters. The van der Waals surface area contributed by atoms with Crippen molar-refractivity contribution in [2.75, 3.05) is 19.6 Å². The number of nitriles is 1. The van der Waals surface area contributed by atoms with Crippen LogP contribution in [0.5, 0.6) is 11.5 Å². The van der Waals surface area contributed by atoms with Crippen LogP contribution in [-0.4, -0.2) is 29.9 Å². The minimum absolute atomic E-state index is 0.204. The van der Waals surface area contributed by atoms with Gasteiger partial charge in [0.05, 0.1) is 19.9 Å². The fourth-order valence-corrected chi connectivity index (χ4v) is 2.40. The third-order valence-corrected chi connectivity index (χ3v) is 3.71. The Labute approximate surface area is 146 Å². The normalized spacial score (nSPS) is 10.0. The van der Waals surface area contributed by atoms with Crippen LogP contribution in [0.1, 0.15) is 23.2 Å². The number of hydrogen-bond acceptors (Lipinski definition) is 6. The number of ether oxygens (including phenoxy) is 2. The van der Waals surface area contributed by atoms with E-state index in [4.69, 9.17) is 14.7 Å². The predicted octanol–water partition coefficient (Wildman–Crippen LogP) is 1.69. The van der Waals surface area contributed by atoms with Crippen LogP contribution in [0.2, 0.25) is 0 Å². The van der Waals surface area contributed by atoms with Crippen molar-refractivity contribution in [3.05, 3.63) is 35.0 Å². The molecule has 0 fully saturated rings. The number of methoxy groups -OCH3 is 2. The molecule has 8 nitrogen and oxygen atoms in total. The summed E-state index contributed by atoms with van der Waals surface area (Å²) >= 11 is 0. The van der Waals surface area contributed by atoms with E-state index in [-0.39, 0.29) is 12.3 Å². The lowest BCUT2D eigenvalue weighted by molar-refractivity contribution is -0.120. The lowest BCUT2D eigenvalue weighted by Gasteiger charge is -2.10. The van der Waals surface area contributed by atoms with Gasteiger partial charge in [-0.25, -0.2) is 0 Å². The molecule has 1 aromatic carbocycles. The van der Waals surface area contributed by atoms with E-state index in [0.29, 0.717) is 35.0 Å². The molecule has 0 saturated heterocycles. The standard InChI is InChI=1S/C17H21N5O3/c1-11-15(10-18)17(22(2)21-11)20-19-16(23)6-5-12-7-13(24-3)9-14(8-12)25-4/h7-9,20H,5-6H2,1-4H3,(H,19,23). The number of hydrogen-bond donors (Lipinski definition) is 2. The second-order valence-electron chi connectivity index (χ2n) is 5.44. The molecule has 0 saturated carbocycles. The molecule has 2 N–H and O–H groups in total. The molecule has 0 radical (unpaired) electrons. The van der Waals surface area contributed by atoms with Crippen molar-refractivity contribution in [1.82, 2.24) is 15.2 Å². The molecular weight excluding hydrogens is 322 g/mol. The first-order chi connectivity index (χ1) is 12.0. The number of amides is 1. The molecular formula is C17H21N5O3. The number of aryl methyl sites for hydroxylation is 3. The van der Waals surface area contributed by atoms with Crippen LogP contribution in [0.25, 0.3) is 0 Å². The van der Waals surface area contributed by atoms with Crippen LogP contribution in [0, 0.1) is 18.3 Å². The fraction of sp³-hybridized carbons (Fsp3) is 0.353. The Bertz CT molecular complexity index is 785. The van der Waals surface area contributed by atoms with Crippen LogP contribution >= 0.6 is 0 Å². The van der Waals surface area contributed by atoms with Crippen molar-refractivity contribution < 1.29 is 14.3 Å². The number of nitrogens with one attached hydrogen (secondary N) is 2. The van der Waals surface area contributed by atoms with Gasteiger partial charge in [-0.3, -0.25) is 20.3 Å². The summed E-state index contributed by atoms with van der Waals surface area (Å²) in [5.41, 5.74) is 7.29. The molecule has 2 rings (SSSR count). The van der Waals surface area contributed by atoms with E-state index in [0.717, 1.165) is 5.56 Å². The van der Waals surface area contributed by atoms with Crippen molar-refractivity contribution in [3.8, 4) is 17.6 Å². The minimum Gasteiger partial charge on any atom is -0.497 e. The summed E-state index contributed by atoms with van der Waals surface area (Å²) in [7, 11) is 4.86. The molecule has 0 unspecified atom stereocenters. The molecule has 8 heteroatoms. The SMILES string of the molecule is COc1cc(CCC(=O)NNc2c(C#N)c(C)nn2C)cc(OC)c1. The maximum absolute atomic E-state index is 12.1. The number of hydrazine groups is 1. The first kappa shape index (κ1) is 18.1. The van der Waals surface area contributed by atoms with Gasteiger partial charge >= 0.3 is 0 Å². The maximum Gasteiger partial charge on any atom is 0.238 e. The Balaban J connectivity index is 1.95. The van der Waals surface area contributed by atoms with E-state index in [2.05, 4.69) is 22.0 Å². The molecule has 1 heterocycles. The van der Waals surface area contributed by atoms with E-state index in [1.54, 1.807) is 34.3 Å². The summed E-state index contributed by atoms with van der Waals surface area (Å²) in [6.45, 7) is 1.74. The number of anilines is 1. The summed E-state index contributed by atoms with van der Waals surface area (Å²) in [5, 5.41) is 13.3. The molecule has 132 valence electrons. The van der Waals surface area contributed by atoms with Gasteiger partial charge in [-0.1, -0.05) is 0 Å². The monoisotopic (exact) mass is 343 g/mol. The predicted molar refractivity (Wildman–Crippen MR) is 92.3 cm³/mol. The van der Waals surface area contributed by atoms with Gasteiger partial charge in [-0.15, -0.1) is 0 Å². The Morgan fingerprint density at radius 1 is 1.28 bits per heavy atom. The number of benzene rings is 1. The van der Waals surface area contributed by atoms with Gasteiger partial charge in [-0.2, -0.15) is 10.4 Å². The number of carbonyl (C=O) groups is 1. The van der Waals surface area contributed by atoms with Crippen LogP contribution in [0.4, 0.5) is 5.82 Å². The summed E-state index contributed by atoms with van der Waals surface area (Å²) in [4.78, 5) is 12.1. The van der Waals surface area contributed by atoms with Gasteiger partial charge in [0, 0.05) is 19.5 Å². The number of rotatable bonds is 7. The van der Waals surface area contributed by atoms with E-state index in [9.17, 15) is 4.79 Å². The molecule has 1 amide bonds. The van der Waals surface area contributed by atoms with Crippen LogP contribution in [0.3, 0.4) is 0 Å². The first-order valence-corrected chi connectivity index (χ1v) is 7.69. The van der Waals surface area contributed by atoms with Crippen molar-refractivity contribution in [2.45, 2.75) is 19.8 Å². The molecule has 0 bridgehead atoms. The Kier molecular flexibility index (Phi) is 5.84. The average Bonchev–Trinajstić information content (AvgIpc) is 2.90. The third kappa shape index (κ3) is 4.41. The summed E-state index contributed by atoms with van der Waals surface area (Å²) in [6, 6.07) is 7.57. The zero-order chi connectivity index (χ0) is 18.4. The molecule has 0 aliphatic rings. The maximum atomic E-state index is 12.1.